The molecule has 0 saturated heterocycles. The zero-order chi connectivity index (χ0) is 12.4. The highest BCUT2D eigenvalue weighted by molar-refractivity contribution is 8.00. The minimum Gasteiger partial charge on any atom is -0.309 e. The van der Waals surface area contributed by atoms with Gasteiger partial charge in [0.1, 0.15) is 4.88 Å². The maximum absolute atomic E-state index is 11.7. The summed E-state index contributed by atoms with van der Waals surface area (Å²) in [6.45, 7) is 1.81. The van der Waals surface area contributed by atoms with E-state index in [9.17, 15) is 9.59 Å². The summed E-state index contributed by atoms with van der Waals surface area (Å²) in [6.07, 6.45) is 4.23. The van der Waals surface area contributed by atoms with Crippen LogP contribution in [0, 0.1) is 5.92 Å². The van der Waals surface area contributed by atoms with Crippen LogP contribution in [0.25, 0.3) is 0 Å². The van der Waals surface area contributed by atoms with Gasteiger partial charge in [0.15, 0.2) is 15.9 Å². The molecule has 0 spiro atoms. The summed E-state index contributed by atoms with van der Waals surface area (Å²) in [4.78, 5) is 28.3. The van der Waals surface area contributed by atoms with Crippen LogP contribution in [0.1, 0.15) is 35.9 Å². The number of thiazole rings is 1. The van der Waals surface area contributed by atoms with Crippen LogP contribution in [0.2, 0.25) is 0 Å². The second-order valence-electron chi connectivity index (χ2n) is 3.90. The first-order valence-electron chi connectivity index (χ1n) is 5.54. The molecule has 1 N–H and O–H groups in total. The fourth-order valence-electron chi connectivity index (χ4n) is 1.39. The number of amides is 1. The van der Waals surface area contributed by atoms with E-state index in [4.69, 9.17) is 0 Å². The molecule has 6 heteroatoms. The number of carbonyl (C=O) groups excluding carboxylic acids is 2. The molecule has 1 aromatic rings. The predicted molar refractivity (Wildman–Crippen MR) is 69.9 cm³/mol. The third-order valence-electron chi connectivity index (χ3n) is 2.55. The lowest BCUT2D eigenvalue weighted by Gasteiger charge is -2.02. The number of hydrogen-bond acceptors (Lipinski definition) is 5. The lowest BCUT2D eigenvalue weighted by atomic mass is 10.2. The van der Waals surface area contributed by atoms with Crippen LogP contribution in [0.3, 0.4) is 0 Å². The van der Waals surface area contributed by atoms with Gasteiger partial charge in [-0.2, -0.15) is 0 Å². The molecule has 0 aromatic carbocycles. The van der Waals surface area contributed by atoms with Crippen molar-refractivity contribution in [3.05, 3.63) is 4.88 Å². The molecule has 2 rings (SSSR count). The molecule has 1 aliphatic carbocycles. The second-order valence-corrected chi connectivity index (χ2v) is 5.95. The molecule has 0 radical (unpaired) electrons. The van der Waals surface area contributed by atoms with E-state index in [1.54, 1.807) is 0 Å². The standard InChI is InChI=1S/C11H14N2O2S2/c1-3-7(14)8-9(13-11(16-2)17-8)12-10(15)6-4-5-6/h6H,3-5H2,1-2H3,(H,12,15). The summed E-state index contributed by atoms with van der Waals surface area (Å²) >= 11 is 2.84. The molecule has 1 aromatic heterocycles. The van der Waals surface area contributed by atoms with Crippen molar-refractivity contribution < 1.29 is 9.59 Å². The molecule has 17 heavy (non-hydrogen) atoms. The Labute approximate surface area is 108 Å². The van der Waals surface area contributed by atoms with Crippen molar-refractivity contribution in [2.75, 3.05) is 11.6 Å². The van der Waals surface area contributed by atoms with Gasteiger partial charge in [0.2, 0.25) is 5.91 Å². The monoisotopic (exact) mass is 270 g/mol. The number of hydrogen-bond donors (Lipinski definition) is 1. The lowest BCUT2D eigenvalue weighted by Crippen LogP contribution is -2.15. The summed E-state index contributed by atoms with van der Waals surface area (Å²) in [5.74, 6) is 0.601. The van der Waals surface area contributed by atoms with Gasteiger partial charge in [-0.1, -0.05) is 18.7 Å². The Balaban J connectivity index is 2.20. The van der Waals surface area contributed by atoms with Crippen molar-refractivity contribution in [1.82, 2.24) is 4.98 Å². The lowest BCUT2D eigenvalue weighted by molar-refractivity contribution is -0.117. The van der Waals surface area contributed by atoms with Crippen molar-refractivity contribution in [2.24, 2.45) is 5.92 Å². The van der Waals surface area contributed by atoms with E-state index >= 15 is 0 Å². The van der Waals surface area contributed by atoms with Crippen LogP contribution in [0.15, 0.2) is 4.34 Å². The van der Waals surface area contributed by atoms with E-state index in [2.05, 4.69) is 10.3 Å². The SMILES string of the molecule is CCC(=O)c1sc(SC)nc1NC(=O)C1CC1. The van der Waals surface area contributed by atoms with Gasteiger partial charge >= 0.3 is 0 Å². The van der Waals surface area contributed by atoms with Gasteiger partial charge in [0.25, 0.3) is 0 Å². The maximum atomic E-state index is 11.7. The summed E-state index contributed by atoms with van der Waals surface area (Å²) < 4.78 is 0.813. The third-order valence-corrected chi connectivity index (χ3v) is 4.63. The van der Waals surface area contributed by atoms with E-state index < -0.39 is 0 Å². The number of nitrogens with one attached hydrogen (secondary N) is 1. The molecular weight excluding hydrogens is 256 g/mol. The molecule has 92 valence electrons. The Morgan fingerprint density at radius 3 is 2.76 bits per heavy atom. The average molecular weight is 270 g/mol. The Morgan fingerprint density at radius 1 is 1.53 bits per heavy atom. The Morgan fingerprint density at radius 2 is 2.24 bits per heavy atom. The Bertz CT molecular complexity index is 452. The molecule has 0 aliphatic heterocycles. The summed E-state index contributed by atoms with van der Waals surface area (Å²) in [5, 5.41) is 2.77. The van der Waals surface area contributed by atoms with E-state index in [0.717, 1.165) is 17.2 Å². The van der Waals surface area contributed by atoms with Gasteiger partial charge < -0.3 is 5.32 Å². The van der Waals surface area contributed by atoms with Crippen molar-refractivity contribution in [3.63, 3.8) is 0 Å². The first-order valence-corrected chi connectivity index (χ1v) is 7.58. The summed E-state index contributed by atoms with van der Waals surface area (Å²) in [7, 11) is 0. The highest BCUT2D eigenvalue weighted by atomic mass is 32.2. The topological polar surface area (TPSA) is 59.1 Å². The molecule has 4 nitrogen and oxygen atoms in total. The van der Waals surface area contributed by atoms with Gasteiger partial charge in [-0.25, -0.2) is 4.98 Å². The van der Waals surface area contributed by atoms with E-state index in [-0.39, 0.29) is 17.6 Å². The molecule has 1 amide bonds. The number of nitrogens with zero attached hydrogens (tertiary/aromatic N) is 1. The number of ketones is 1. The summed E-state index contributed by atoms with van der Waals surface area (Å²) in [5.41, 5.74) is 0. The maximum Gasteiger partial charge on any atom is 0.228 e. The van der Waals surface area contributed by atoms with E-state index in [0.29, 0.717) is 17.1 Å². The molecular formula is C11H14N2O2S2. The molecule has 0 unspecified atom stereocenters. The van der Waals surface area contributed by atoms with Gasteiger partial charge in [0.05, 0.1) is 0 Å². The first-order chi connectivity index (χ1) is 8.15. The Hall–Kier alpha value is -0.880. The minimum atomic E-state index is -0.00638. The van der Waals surface area contributed by atoms with Crippen molar-refractivity contribution in [1.29, 1.82) is 0 Å². The molecule has 1 saturated carbocycles. The largest absolute Gasteiger partial charge is 0.309 e. The van der Waals surface area contributed by atoms with E-state index in [1.165, 1.54) is 23.1 Å². The van der Waals surface area contributed by atoms with E-state index in [1.807, 2.05) is 13.2 Å². The average Bonchev–Trinajstić information content (AvgIpc) is 3.10. The molecule has 0 atom stereocenters. The van der Waals surface area contributed by atoms with Crippen molar-refractivity contribution in [2.45, 2.75) is 30.5 Å². The number of rotatable bonds is 5. The fourth-order valence-corrected chi connectivity index (χ4v) is 2.92. The van der Waals surface area contributed by atoms with Gasteiger partial charge in [-0.3, -0.25) is 9.59 Å². The van der Waals surface area contributed by atoms with Crippen LogP contribution < -0.4 is 5.32 Å². The molecule has 1 fully saturated rings. The highest BCUT2D eigenvalue weighted by Gasteiger charge is 2.31. The number of aromatic nitrogens is 1. The minimum absolute atomic E-state index is 0.00638. The van der Waals surface area contributed by atoms with Crippen LogP contribution in [-0.2, 0) is 4.79 Å². The quantitative estimate of drug-likeness (QED) is 0.660. The van der Waals surface area contributed by atoms with Gasteiger partial charge in [-0.15, -0.1) is 11.3 Å². The molecule has 1 heterocycles. The summed E-state index contributed by atoms with van der Waals surface area (Å²) in [6, 6.07) is 0. The highest BCUT2D eigenvalue weighted by Crippen LogP contribution is 2.33. The number of Topliss-reactive ketones (excluding diaryl/α,β-unsaturated/α-hetero) is 1. The predicted octanol–water partition coefficient (Wildman–Crippen LogP) is 2.81. The fraction of sp³-hybridized carbons (Fsp3) is 0.545. The van der Waals surface area contributed by atoms with Gasteiger partial charge in [-0.05, 0) is 19.1 Å². The Kier molecular flexibility index (Phi) is 3.83. The van der Waals surface area contributed by atoms with Crippen LogP contribution >= 0.6 is 23.1 Å². The zero-order valence-corrected chi connectivity index (χ0v) is 11.4. The van der Waals surface area contributed by atoms with Gasteiger partial charge in [0, 0.05) is 12.3 Å². The molecule has 0 bridgehead atoms. The first kappa shape index (κ1) is 12.6. The van der Waals surface area contributed by atoms with Crippen molar-refractivity contribution >= 4 is 40.6 Å². The van der Waals surface area contributed by atoms with Crippen molar-refractivity contribution in [3.8, 4) is 0 Å². The number of thioether (sulfide) groups is 1. The third kappa shape index (κ3) is 2.87. The van der Waals surface area contributed by atoms with Crippen LogP contribution in [-0.4, -0.2) is 22.9 Å². The van der Waals surface area contributed by atoms with Crippen LogP contribution in [0.5, 0.6) is 0 Å². The second kappa shape index (κ2) is 5.18. The number of anilines is 1. The molecule has 1 aliphatic rings. The zero-order valence-electron chi connectivity index (χ0n) is 9.78. The number of carbonyl (C=O) groups is 2. The normalized spacial score (nSPS) is 14.7. The smallest absolute Gasteiger partial charge is 0.228 e. The van der Waals surface area contributed by atoms with Crippen LogP contribution in [0.4, 0.5) is 5.82 Å².